The summed E-state index contributed by atoms with van der Waals surface area (Å²) in [5.41, 5.74) is 2.21. The summed E-state index contributed by atoms with van der Waals surface area (Å²) in [6.07, 6.45) is -2.49. The molecule has 3 aromatic carbocycles. The van der Waals surface area contributed by atoms with Gasteiger partial charge in [0.25, 0.3) is 0 Å². The summed E-state index contributed by atoms with van der Waals surface area (Å²) in [5.74, 6) is 0. The molecule has 0 saturated heterocycles. The van der Waals surface area contributed by atoms with Crippen molar-refractivity contribution < 1.29 is 9.47 Å². The Morgan fingerprint density at radius 2 is 0.852 bits per heavy atom. The lowest BCUT2D eigenvalue weighted by Crippen LogP contribution is -2.15. The smallest absolute Gasteiger partial charge is 0.188 e. The zero-order chi connectivity index (χ0) is 18.9. The normalized spacial score (nSPS) is 13.7. The monoisotopic (exact) mass is 354 g/mol. The highest BCUT2D eigenvalue weighted by Gasteiger charge is 2.24. The summed E-state index contributed by atoms with van der Waals surface area (Å²) in [5, 5.41) is 19.2. The molecule has 0 aliphatic rings. The standard InChI is InChI=1S/C23H18N2O2/c24-16-21(18-10-4-1-5-11-18)26-23(20-14-8-3-9-15-20)27-22(17-25)19-12-6-2-7-13-19/h1-15,21-23H/t21-,22+,23?. The van der Waals surface area contributed by atoms with Gasteiger partial charge < -0.3 is 9.47 Å². The molecule has 3 rings (SSSR count). The van der Waals surface area contributed by atoms with E-state index >= 15 is 0 Å². The third kappa shape index (κ3) is 4.80. The van der Waals surface area contributed by atoms with Crippen LogP contribution >= 0.6 is 0 Å². The number of nitriles is 2. The zero-order valence-electron chi connectivity index (χ0n) is 14.6. The van der Waals surface area contributed by atoms with E-state index in [2.05, 4.69) is 12.1 Å². The predicted molar refractivity (Wildman–Crippen MR) is 101 cm³/mol. The molecule has 0 spiro atoms. The third-order valence-electron chi connectivity index (χ3n) is 4.03. The molecule has 0 amide bonds. The number of rotatable bonds is 7. The van der Waals surface area contributed by atoms with Crippen LogP contribution in [0.4, 0.5) is 0 Å². The second kappa shape index (κ2) is 9.31. The average Bonchev–Trinajstić information content (AvgIpc) is 2.76. The number of benzene rings is 3. The molecule has 4 heteroatoms. The SMILES string of the molecule is N#C[C@H](OC(O[C@H](C#N)c1ccccc1)c1ccccc1)c1ccccc1. The van der Waals surface area contributed by atoms with E-state index in [4.69, 9.17) is 9.47 Å². The van der Waals surface area contributed by atoms with Crippen LogP contribution in [-0.2, 0) is 9.47 Å². The molecule has 132 valence electrons. The number of nitrogens with zero attached hydrogens (tertiary/aromatic N) is 2. The quantitative estimate of drug-likeness (QED) is 0.544. The Hall–Kier alpha value is -3.44. The van der Waals surface area contributed by atoms with E-state index in [1.165, 1.54) is 0 Å². The van der Waals surface area contributed by atoms with Crippen molar-refractivity contribution >= 4 is 0 Å². The van der Waals surface area contributed by atoms with Crippen molar-refractivity contribution in [3.05, 3.63) is 108 Å². The van der Waals surface area contributed by atoms with Gasteiger partial charge in [0.15, 0.2) is 18.5 Å². The van der Waals surface area contributed by atoms with Crippen molar-refractivity contribution in [2.24, 2.45) is 0 Å². The van der Waals surface area contributed by atoms with Crippen LogP contribution in [0.1, 0.15) is 35.2 Å². The topological polar surface area (TPSA) is 66.0 Å². The first-order valence-corrected chi connectivity index (χ1v) is 8.57. The summed E-state index contributed by atoms with van der Waals surface area (Å²) >= 11 is 0. The molecule has 0 saturated carbocycles. The lowest BCUT2D eigenvalue weighted by Gasteiger charge is -2.24. The highest BCUT2D eigenvalue weighted by molar-refractivity contribution is 5.25. The Morgan fingerprint density at radius 1 is 0.519 bits per heavy atom. The minimum atomic E-state index is -0.860. The second-order valence-electron chi connectivity index (χ2n) is 5.85. The van der Waals surface area contributed by atoms with Crippen LogP contribution < -0.4 is 0 Å². The fraction of sp³-hybridized carbons (Fsp3) is 0.130. The number of hydrogen-bond donors (Lipinski definition) is 0. The summed E-state index contributed by atoms with van der Waals surface area (Å²) in [4.78, 5) is 0. The summed E-state index contributed by atoms with van der Waals surface area (Å²) < 4.78 is 12.0. The van der Waals surface area contributed by atoms with Gasteiger partial charge in [0, 0.05) is 5.56 Å². The molecule has 0 radical (unpaired) electrons. The van der Waals surface area contributed by atoms with Crippen LogP contribution in [0.5, 0.6) is 0 Å². The van der Waals surface area contributed by atoms with E-state index < -0.39 is 18.5 Å². The minimum absolute atomic E-state index is 0.734. The van der Waals surface area contributed by atoms with Crippen LogP contribution in [0.3, 0.4) is 0 Å². The molecule has 0 aromatic heterocycles. The van der Waals surface area contributed by atoms with Gasteiger partial charge in [-0.05, 0) is 11.1 Å². The first kappa shape index (κ1) is 18.4. The van der Waals surface area contributed by atoms with Crippen LogP contribution in [0.25, 0.3) is 0 Å². The van der Waals surface area contributed by atoms with Gasteiger partial charge in [-0.3, -0.25) is 0 Å². The van der Waals surface area contributed by atoms with Gasteiger partial charge in [-0.25, -0.2) is 0 Å². The van der Waals surface area contributed by atoms with Gasteiger partial charge in [-0.1, -0.05) is 91.0 Å². The molecule has 0 aliphatic heterocycles. The lowest BCUT2D eigenvalue weighted by molar-refractivity contribution is -0.181. The lowest BCUT2D eigenvalue weighted by atomic mass is 10.1. The maximum Gasteiger partial charge on any atom is 0.188 e. The zero-order valence-corrected chi connectivity index (χ0v) is 14.6. The molecule has 1 unspecified atom stereocenters. The maximum atomic E-state index is 9.59. The first-order valence-electron chi connectivity index (χ1n) is 8.57. The Bertz CT molecular complexity index is 856. The van der Waals surface area contributed by atoms with Gasteiger partial charge >= 0.3 is 0 Å². The van der Waals surface area contributed by atoms with Crippen molar-refractivity contribution in [2.45, 2.75) is 18.5 Å². The van der Waals surface area contributed by atoms with Crippen molar-refractivity contribution in [3.63, 3.8) is 0 Å². The van der Waals surface area contributed by atoms with Crippen LogP contribution in [-0.4, -0.2) is 0 Å². The second-order valence-corrected chi connectivity index (χ2v) is 5.85. The molecular formula is C23H18N2O2. The summed E-state index contributed by atoms with van der Waals surface area (Å²) in [7, 11) is 0. The first-order chi connectivity index (χ1) is 13.3. The van der Waals surface area contributed by atoms with E-state index in [1.807, 2.05) is 91.0 Å². The molecule has 4 nitrogen and oxygen atoms in total. The van der Waals surface area contributed by atoms with Crippen molar-refractivity contribution in [2.75, 3.05) is 0 Å². The highest BCUT2D eigenvalue weighted by atomic mass is 16.7. The Balaban J connectivity index is 1.88. The highest BCUT2D eigenvalue weighted by Crippen LogP contribution is 2.32. The van der Waals surface area contributed by atoms with E-state index in [9.17, 15) is 10.5 Å². The number of ether oxygens (including phenoxy) is 2. The molecule has 0 fully saturated rings. The summed E-state index contributed by atoms with van der Waals surface area (Å²) in [6, 6.07) is 32.1. The van der Waals surface area contributed by atoms with Crippen molar-refractivity contribution in [1.29, 1.82) is 10.5 Å². The van der Waals surface area contributed by atoms with Gasteiger partial charge in [0.1, 0.15) is 0 Å². The molecule has 3 aromatic rings. The van der Waals surface area contributed by atoms with Gasteiger partial charge in [-0.2, -0.15) is 10.5 Å². The van der Waals surface area contributed by atoms with Gasteiger partial charge in [0.2, 0.25) is 0 Å². The van der Waals surface area contributed by atoms with Gasteiger partial charge in [-0.15, -0.1) is 0 Å². The predicted octanol–water partition coefficient (Wildman–Crippen LogP) is 5.25. The van der Waals surface area contributed by atoms with E-state index in [0.717, 1.165) is 16.7 Å². The largest absolute Gasteiger partial charge is 0.325 e. The third-order valence-corrected chi connectivity index (χ3v) is 4.03. The van der Waals surface area contributed by atoms with E-state index in [-0.39, 0.29) is 0 Å². The Labute approximate surface area is 158 Å². The maximum absolute atomic E-state index is 9.59. The molecule has 3 atom stereocenters. The molecule has 0 N–H and O–H groups in total. The molecular weight excluding hydrogens is 336 g/mol. The van der Waals surface area contributed by atoms with Gasteiger partial charge in [0.05, 0.1) is 12.1 Å². The van der Waals surface area contributed by atoms with Crippen LogP contribution in [0.15, 0.2) is 91.0 Å². The van der Waals surface area contributed by atoms with E-state index in [0.29, 0.717) is 0 Å². The summed E-state index contributed by atoms with van der Waals surface area (Å²) in [6.45, 7) is 0. The molecule has 0 aliphatic carbocycles. The van der Waals surface area contributed by atoms with Crippen LogP contribution in [0.2, 0.25) is 0 Å². The number of hydrogen-bond acceptors (Lipinski definition) is 4. The molecule has 0 heterocycles. The fourth-order valence-corrected chi connectivity index (χ4v) is 2.67. The Kier molecular flexibility index (Phi) is 6.33. The van der Waals surface area contributed by atoms with Crippen molar-refractivity contribution in [3.8, 4) is 12.1 Å². The minimum Gasteiger partial charge on any atom is -0.325 e. The van der Waals surface area contributed by atoms with E-state index in [1.54, 1.807) is 0 Å². The molecule has 0 bridgehead atoms. The molecule has 27 heavy (non-hydrogen) atoms. The van der Waals surface area contributed by atoms with Crippen LogP contribution in [0, 0.1) is 22.7 Å². The Morgan fingerprint density at radius 3 is 1.19 bits per heavy atom. The van der Waals surface area contributed by atoms with Crippen molar-refractivity contribution in [1.82, 2.24) is 0 Å². The fourth-order valence-electron chi connectivity index (χ4n) is 2.67. The average molecular weight is 354 g/mol.